The molecule has 0 aliphatic carbocycles. The Kier molecular flexibility index (Phi) is 5.69. The van der Waals surface area contributed by atoms with Crippen molar-refractivity contribution in [3.8, 4) is 0 Å². The molecule has 0 fully saturated rings. The van der Waals surface area contributed by atoms with Gasteiger partial charge in [0.1, 0.15) is 0 Å². The molecule has 0 saturated heterocycles. The predicted octanol–water partition coefficient (Wildman–Crippen LogP) is 4.61. The standard InChI is InChI=1S/C15H12Cl2INO/c16-8-10-2-1-3-11(6-10)9-19-15(20)13-7-12(17)4-5-14(13)18/h1-7H,8-9H2,(H,19,20). The minimum absolute atomic E-state index is 0.131. The van der Waals surface area contributed by atoms with Crippen LogP contribution in [0.3, 0.4) is 0 Å². The van der Waals surface area contributed by atoms with Crippen LogP contribution in [0.15, 0.2) is 42.5 Å². The number of nitrogens with one attached hydrogen (secondary N) is 1. The number of hydrogen-bond acceptors (Lipinski definition) is 1. The second-order valence-electron chi connectivity index (χ2n) is 4.26. The summed E-state index contributed by atoms with van der Waals surface area (Å²) in [6.07, 6.45) is 0. The highest BCUT2D eigenvalue weighted by molar-refractivity contribution is 14.1. The summed E-state index contributed by atoms with van der Waals surface area (Å²) < 4.78 is 0.874. The summed E-state index contributed by atoms with van der Waals surface area (Å²) in [5.74, 6) is 0.335. The number of rotatable bonds is 4. The molecule has 0 radical (unpaired) electrons. The number of halogens is 3. The summed E-state index contributed by atoms with van der Waals surface area (Å²) in [6.45, 7) is 0.464. The van der Waals surface area contributed by atoms with E-state index in [4.69, 9.17) is 23.2 Å². The molecule has 2 rings (SSSR count). The van der Waals surface area contributed by atoms with Crippen LogP contribution in [-0.2, 0) is 12.4 Å². The molecule has 5 heteroatoms. The zero-order valence-corrected chi connectivity index (χ0v) is 14.2. The maximum absolute atomic E-state index is 12.1. The average Bonchev–Trinajstić information content (AvgIpc) is 2.47. The molecule has 0 spiro atoms. The van der Waals surface area contributed by atoms with Crippen molar-refractivity contribution in [2.75, 3.05) is 0 Å². The van der Waals surface area contributed by atoms with Crippen LogP contribution in [0.2, 0.25) is 5.02 Å². The summed E-state index contributed by atoms with van der Waals surface area (Å²) in [5, 5.41) is 3.44. The lowest BCUT2D eigenvalue weighted by Crippen LogP contribution is -2.23. The van der Waals surface area contributed by atoms with E-state index in [2.05, 4.69) is 27.9 Å². The summed E-state index contributed by atoms with van der Waals surface area (Å²) in [7, 11) is 0. The van der Waals surface area contributed by atoms with Gasteiger partial charge in [-0.25, -0.2) is 0 Å². The van der Waals surface area contributed by atoms with Gasteiger partial charge in [0.15, 0.2) is 0 Å². The third kappa shape index (κ3) is 4.11. The van der Waals surface area contributed by atoms with E-state index in [-0.39, 0.29) is 5.91 Å². The largest absolute Gasteiger partial charge is 0.348 e. The summed E-state index contributed by atoms with van der Waals surface area (Å²) >= 11 is 13.8. The number of amides is 1. The van der Waals surface area contributed by atoms with Gasteiger partial charge < -0.3 is 5.32 Å². The fourth-order valence-electron chi connectivity index (χ4n) is 1.77. The maximum Gasteiger partial charge on any atom is 0.252 e. The molecule has 1 amide bonds. The van der Waals surface area contributed by atoms with Crippen molar-refractivity contribution >= 4 is 51.7 Å². The van der Waals surface area contributed by atoms with E-state index in [1.165, 1.54) is 0 Å². The van der Waals surface area contributed by atoms with Gasteiger partial charge in [0.25, 0.3) is 5.91 Å². The quantitative estimate of drug-likeness (QED) is 0.568. The molecule has 0 atom stereocenters. The van der Waals surface area contributed by atoms with Crippen LogP contribution in [-0.4, -0.2) is 5.91 Å². The lowest BCUT2D eigenvalue weighted by Gasteiger charge is -2.08. The fraction of sp³-hybridized carbons (Fsp3) is 0.133. The van der Waals surface area contributed by atoms with Gasteiger partial charge in [-0.05, 0) is 51.9 Å². The van der Waals surface area contributed by atoms with E-state index in [1.807, 2.05) is 30.3 Å². The SMILES string of the molecule is O=C(NCc1cccc(CCl)c1)c1cc(Cl)ccc1I. The monoisotopic (exact) mass is 419 g/mol. The first kappa shape index (κ1) is 15.6. The van der Waals surface area contributed by atoms with Gasteiger partial charge in [-0.15, -0.1) is 11.6 Å². The third-order valence-electron chi connectivity index (χ3n) is 2.77. The van der Waals surface area contributed by atoms with Crippen molar-refractivity contribution in [3.05, 3.63) is 67.7 Å². The molecule has 104 valence electrons. The van der Waals surface area contributed by atoms with Gasteiger partial charge >= 0.3 is 0 Å². The van der Waals surface area contributed by atoms with E-state index in [0.717, 1.165) is 14.7 Å². The molecule has 0 aliphatic heterocycles. The van der Waals surface area contributed by atoms with E-state index in [9.17, 15) is 4.79 Å². The maximum atomic E-state index is 12.1. The highest BCUT2D eigenvalue weighted by atomic mass is 127. The Morgan fingerprint density at radius 3 is 2.65 bits per heavy atom. The zero-order chi connectivity index (χ0) is 14.5. The number of alkyl halides is 1. The van der Waals surface area contributed by atoms with Crippen LogP contribution in [0.5, 0.6) is 0 Å². The Morgan fingerprint density at radius 2 is 1.90 bits per heavy atom. The Hall–Kier alpha value is -0.780. The number of hydrogen-bond donors (Lipinski definition) is 1. The smallest absolute Gasteiger partial charge is 0.252 e. The molecule has 0 aromatic heterocycles. The molecule has 2 nitrogen and oxygen atoms in total. The van der Waals surface area contributed by atoms with Crippen LogP contribution in [0.4, 0.5) is 0 Å². The van der Waals surface area contributed by atoms with E-state index in [0.29, 0.717) is 23.0 Å². The van der Waals surface area contributed by atoms with Crippen LogP contribution in [0, 0.1) is 3.57 Å². The molecule has 2 aromatic carbocycles. The van der Waals surface area contributed by atoms with E-state index < -0.39 is 0 Å². The summed E-state index contributed by atoms with van der Waals surface area (Å²) in [4.78, 5) is 12.1. The van der Waals surface area contributed by atoms with Crippen molar-refractivity contribution in [1.82, 2.24) is 5.32 Å². The molecule has 1 N–H and O–H groups in total. The minimum atomic E-state index is -0.131. The topological polar surface area (TPSA) is 29.1 Å². The molecule has 0 heterocycles. The highest BCUT2D eigenvalue weighted by Gasteiger charge is 2.10. The molecule has 2 aromatic rings. The normalized spacial score (nSPS) is 10.3. The van der Waals surface area contributed by atoms with Crippen LogP contribution >= 0.6 is 45.8 Å². The Bertz CT molecular complexity index is 631. The minimum Gasteiger partial charge on any atom is -0.348 e. The van der Waals surface area contributed by atoms with Gasteiger partial charge in [0.05, 0.1) is 5.56 Å². The molecule has 0 bridgehead atoms. The summed E-state index contributed by atoms with van der Waals surface area (Å²) in [5.41, 5.74) is 2.65. The Balaban J connectivity index is 2.06. The van der Waals surface area contributed by atoms with Crippen molar-refractivity contribution in [3.63, 3.8) is 0 Å². The van der Waals surface area contributed by atoms with Crippen molar-refractivity contribution in [2.45, 2.75) is 12.4 Å². The van der Waals surface area contributed by atoms with Crippen molar-refractivity contribution < 1.29 is 4.79 Å². The number of benzene rings is 2. The van der Waals surface area contributed by atoms with Crippen LogP contribution in [0.25, 0.3) is 0 Å². The second-order valence-corrected chi connectivity index (χ2v) is 6.13. The van der Waals surface area contributed by atoms with Crippen molar-refractivity contribution in [1.29, 1.82) is 0 Å². The lowest BCUT2D eigenvalue weighted by molar-refractivity contribution is 0.0950. The highest BCUT2D eigenvalue weighted by Crippen LogP contribution is 2.18. The van der Waals surface area contributed by atoms with E-state index in [1.54, 1.807) is 12.1 Å². The first-order chi connectivity index (χ1) is 9.60. The fourth-order valence-corrected chi connectivity index (χ4v) is 2.69. The van der Waals surface area contributed by atoms with Gasteiger partial charge in [0, 0.05) is 21.0 Å². The number of carbonyl (C=O) groups is 1. The zero-order valence-electron chi connectivity index (χ0n) is 10.5. The molecular weight excluding hydrogens is 408 g/mol. The molecule has 0 saturated carbocycles. The molecule has 20 heavy (non-hydrogen) atoms. The van der Waals surface area contributed by atoms with Crippen LogP contribution in [0.1, 0.15) is 21.5 Å². The van der Waals surface area contributed by atoms with Gasteiger partial charge in [0.2, 0.25) is 0 Å². The summed E-state index contributed by atoms with van der Waals surface area (Å²) in [6, 6.07) is 13.1. The lowest BCUT2D eigenvalue weighted by atomic mass is 10.1. The van der Waals surface area contributed by atoms with E-state index >= 15 is 0 Å². The molecular formula is C15H12Cl2INO. The number of carbonyl (C=O) groups excluding carboxylic acids is 1. The van der Waals surface area contributed by atoms with Gasteiger partial charge in [-0.2, -0.15) is 0 Å². The Labute approximate surface area is 141 Å². The van der Waals surface area contributed by atoms with Gasteiger partial charge in [-0.1, -0.05) is 35.9 Å². The first-order valence-corrected chi connectivity index (χ1v) is 7.96. The van der Waals surface area contributed by atoms with Crippen LogP contribution < -0.4 is 5.32 Å². The first-order valence-electron chi connectivity index (χ1n) is 5.97. The van der Waals surface area contributed by atoms with Gasteiger partial charge in [-0.3, -0.25) is 4.79 Å². The molecule has 0 aliphatic rings. The Morgan fingerprint density at radius 1 is 1.15 bits per heavy atom. The predicted molar refractivity (Wildman–Crippen MR) is 91.3 cm³/mol. The average molecular weight is 420 g/mol. The third-order valence-corrected chi connectivity index (χ3v) is 4.26. The molecule has 0 unspecified atom stereocenters. The second kappa shape index (κ2) is 7.29. The van der Waals surface area contributed by atoms with Crippen molar-refractivity contribution in [2.24, 2.45) is 0 Å².